The quantitative estimate of drug-likeness (QED) is 0.164. The van der Waals surface area contributed by atoms with E-state index in [0.29, 0.717) is 33.0 Å². The Morgan fingerprint density at radius 1 is 0.938 bits per heavy atom. The molecule has 13 nitrogen and oxygen atoms in total. The number of carboxylic acid groups (broad SMARTS) is 1. The number of amides is 2. The zero-order valence-electron chi connectivity index (χ0n) is 28.3. The number of nitrogens with one attached hydrogen (secondary N) is 1. The third-order valence-corrected chi connectivity index (χ3v) is 8.72. The number of β-amino-alcohol motifs (C(OH)–C–C–N with tert-alkyl or cyclic N) is 1. The summed E-state index contributed by atoms with van der Waals surface area (Å²) >= 11 is 1.56. The molecule has 2 heterocycles. The number of aryl methyl sites for hydroxylation is 1. The number of aliphatic hydroxyl groups is 1. The van der Waals surface area contributed by atoms with Gasteiger partial charge in [-0.1, -0.05) is 45.0 Å². The zero-order valence-corrected chi connectivity index (χ0v) is 29.1. The molecule has 2 amide bonds. The van der Waals surface area contributed by atoms with E-state index in [1.165, 1.54) is 4.90 Å². The predicted molar refractivity (Wildman–Crippen MR) is 179 cm³/mol. The first kappa shape index (κ1) is 39.2. The maximum absolute atomic E-state index is 13.8. The number of aliphatic carboxylic acids is 1. The van der Waals surface area contributed by atoms with E-state index >= 15 is 0 Å². The number of likely N-dealkylation sites (tertiary alicyclic amines) is 1. The molecule has 1 aromatic heterocycles. The summed E-state index contributed by atoms with van der Waals surface area (Å²) in [4.78, 5) is 57.3. The fourth-order valence-electron chi connectivity index (χ4n) is 5.17. The molecule has 0 aliphatic carbocycles. The second kappa shape index (κ2) is 19.7. The van der Waals surface area contributed by atoms with Crippen LogP contribution in [-0.4, -0.2) is 121 Å². The number of aliphatic hydroxyl groups excluding tert-OH is 1. The van der Waals surface area contributed by atoms with E-state index in [-0.39, 0.29) is 63.7 Å². The van der Waals surface area contributed by atoms with E-state index in [1.807, 2.05) is 52.0 Å². The number of ketones is 1. The Hall–Kier alpha value is -3.27. The van der Waals surface area contributed by atoms with Crippen LogP contribution in [0.25, 0.3) is 10.4 Å². The lowest BCUT2D eigenvalue weighted by Crippen LogP contribution is -2.57. The molecular weight excluding hydrogens is 642 g/mol. The highest BCUT2D eigenvalue weighted by atomic mass is 32.1. The van der Waals surface area contributed by atoms with Crippen molar-refractivity contribution in [2.45, 2.75) is 71.6 Å². The lowest BCUT2D eigenvalue weighted by molar-refractivity contribution is -0.143. The van der Waals surface area contributed by atoms with Crippen LogP contribution in [0, 0.1) is 12.3 Å². The summed E-state index contributed by atoms with van der Waals surface area (Å²) in [6.45, 7) is 9.72. The Kier molecular flexibility index (Phi) is 16.0. The average Bonchev–Trinajstić information content (AvgIpc) is 3.64. The molecule has 3 atom stereocenters. The van der Waals surface area contributed by atoms with Crippen molar-refractivity contribution in [3.05, 3.63) is 41.0 Å². The molecule has 1 aromatic carbocycles. The third-order valence-electron chi connectivity index (χ3n) is 7.74. The smallest absolute Gasteiger partial charge is 0.305 e. The molecule has 266 valence electrons. The Morgan fingerprint density at radius 3 is 2.02 bits per heavy atom. The Bertz CT molecular complexity index is 1330. The fraction of sp³-hybridized carbons (Fsp3) is 0.618. The molecule has 1 aliphatic rings. The van der Waals surface area contributed by atoms with Crippen LogP contribution in [0.15, 0.2) is 29.8 Å². The van der Waals surface area contributed by atoms with E-state index < -0.39 is 35.5 Å². The van der Waals surface area contributed by atoms with Gasteiger partial charge in [-0.3, -0.25) is 19.2 Å². The van der Waals surface area contributed by atoms with Gasteiger partial charge in [0.05, 0.1) is 87.5 Å². The van der Waals surface area contributed by atoms with Gasteiger partial charge in [0.25, 0.3) is 0 Å². The number of nitrogens with zero attached hydrogens (tertiary/aromatic N) is 2. The molecule has 1 fully saturated rings. The lowest BCUT2D eigenvalue weighted by Gasteiger charge is -2.35. The molecule has 3 N–H and O–H groups in total. The van der Waals surface area contributed by atoms with Crippen molar-refractivity contribution in [3.63, 3.8) is 0 Å². The van der Waals surface area contributed by atoms with Crippen molar-refractivity contribution in [2.75, 3.05) is 59.4 Å². The maximum Gasteiger partial charge on any atom is 0.305 e. The molecule has 2 aromatic rings. The Morgan fingerprint density at radius 2 is 1.50 bits per heavy atom. The molecule has 0 saturated carbocycles. The van der Waals surface area contributed by atoms with Crippen LogP contribution >= 0.6 is 11.3 Å². The van der Waals surface area contributed by atoms with Gasteiger partial charge >= 0.3 is 5.97 Å². The van der Waals surface area contributed by atoms with E-state index in [2.05, 4.69) is 10.3 Å². The largest absolute Gasteiger partial charge is 0.481 e. The summed E-state index contributed by atoms with van der Waals surface area (Å²) in [6, 6.07) is 6.03. The summed E-state index contributed by atoms with van der Waals surface area (Å²) in [5.41, 5.74) is 3.94. The van der Waals surface area contributed by atoms with E-state index in [1.54, 1.807) is 16.8 Å². The number of hydrogen-bond donors (Lipinski definition) is 3. The van der Waals surface area contributed by atoms with Gasteiger partial charge in [-0.15, -0.1) is 11.3 Å². The van der Waals surface area contributed by atoms with Gasteiger partial charge in [-0.05, 0) is 23.5 Å². The first-order valence-electron chi connectivity index (χ1n) is 16.2. The van der Waals surface area contributed by atoms with Gasteiger partial charge in [0, 0.05) is 25.8 Å². The minimum absolute atomic E-state index is 0.0238. The SMILES string of the molecule is Cc1ncsc1-c1ccc(CC(=O)[C@@H]2C[C@@H](O)CN2C(=O)[C@@H](NC(=O)CCOCCOCCOCCOCCC(=O)O)C(C)(C)C)cc1. The normalized spacial score (nSPS) is 17.0. The van der Waals surface area contributed by atoms with E-state index in [9.17, 15) is 24.3 Å². The molecule has 1 aliphatic heterocycles. The van der Waals surface area contributed by atoms with Crippen LogP contribution in [0.4, 0.5) is 0 Å². The number of thiazole rings is 1. The van der Waals surface area contributed by atoms with Crippen LogP contribution in [0.2, 0.25) is 0 Å². The zero-order chi connectivity index (χ0) is 35.1. The van der Waals surface area contributed by atoms with Crippen LogP contribution in [0.3, 0.4) is 0 Å². The van der Waals surface area contributed by atoms with Crippen molar-refractivity contribution in [1.29, 1.82) is 0 Å². The van der Waals surface area contributed by atoms with Crippen LogP contribution in [0.1, 0.15) is 51.3 Å². The van der Waals surface area contributed by atoms with Crippen molar-refractivity contribution >= 4 is 34.9 Å². The highest BCUT2D eigenvalue weighted by Gasteiger charge is 2.44. The van der Waals surface area contributed by atoms with Gasteiger partial charge in [0.2, 0.25) is 11.8 Å². The Balaban J connectivity index is 1.40. The maximum atomic E-state index is 13.8. The minimum Gasteiger partial charge on any atom is -0.481 e. The molecule has 14 heteroatoms. The Labute approximate surface area is 285 Å². The first-order valence-corrected chi connectivity index (χ1v) is 17.1. The molecule has 3 rings (SSSR count). The standard InChI is InChI=1S/C34H49N3O10S/c1-23-31(48-22-35-23)25-7-5-24(6-8-25)19-28(39)27-20-26(38)21-37(27)33(43)32(34(2,3)4)36-29(40)9-11-44-13-15-46-17-18-47-16-14-45-12-10-30(41)42/h5-8,22,26-27,32,38H,9-21H2,1-4H3,(H,36,40)(H,41,42)/t26-,27+,32-/m1/s1. The molecule has 48 heavy (non-hydrogen) atoms. The van der Waals surface area contributed by atoms with Crippen molar-refractivity contribution < 1.29 is 48.3 Å². The van der Waals surface area contributed by atoms with E-state index in [0.717, 1.165) is 21.7 Å². The van der Waals surface area contributed by atoms with Crippen LogP contribution < -0.4 is 5.32 Å². The summed E-state index contributed by atoms with van der Waals surface area (Å²) in [5.74, 6) is -1.83. The third kappa shape index (κ3) is 13.0. The van der Waals surface area contributed by atoms with Crippen LogP contribution in [0.5, 0.6) is 0 Å². The number of carboxylic acids is 1. The highest BCUT2D eigenvalue weighted by molar-refractivity contribution is 7.13. The molecule has 0 bridgehead atoms. The first-order chi connectivity index (χ1) is 22.9. The number of carbonyl (C=O) groups excluding carboxylic acids is 3. The second-order valence-electron chi connectivity index (χ2n) is 12.7. The number of hydrogen-bond acceptors (Lipinski definition) is 11. The number of rotatable bonds is 21. The lowest BCUT2D eigenvalue weighted by atomic mass is 9.85. The average molecular weight is 692 g/mol. The number of Topliss-reactive ketones (excluding diaryl/α,β-unsaturated/α-hetero) is 1. The van der Waals surface area contributed by atoms with Gasteiger partial charge in [-0.25, -0.2) is 4.98 Å². The molecular formula is C34H49N3O10S. The van der Waals surface area contributed by atoms with E-state index in [4.69, 9.17) is 24.1 Å². The minimum atomic E-state index is -0.907. The van der Waals surface area contributed by atoms with Crippen molar-refractivity contribution in [3.8, 4) is 10.4 Å². The highest BCUT2D eigenvalue weighted by Crippen LogP contribution is 2.29. The number of aromatic nitrogens is 1. The van der Waals surface area contributed by atoms with Crippen LogP contribution in [-0.2, 0) is 44.5 Å². The van der Waals surface area contributed by atoms with Gasteiger partial charge in [0.15, 0.2) is 5.78 Å². The molecule has 0 radical (unpaired) electrons. The van der Waals surface area contributed by atoms with Gasteiger partial charge in [0.1, 0.15) is 6.04 Å². The molecule has 0 unspecified atom stereocenters. The van der Waals surface area contributed by atoms with Gasteiger partial charge in [-0.2, -0.15) is 0 Å². The predicted octanol–water partition coefficient (Wildman–Crippen LogP) is 2.65. The number of benzene rings is 1. The van der Waals surface area contributed by atoms with Crippen molar-refractivity contribution in [1.82, 2.24) is 15.2 Å². The van der Waals surface area contributed by atoms with Crippen molar-refractivity contribution in [2.24, 2.45) is 5.41 Å². The molecule has 0 spiro atoms. The summed E-state index contributed by atoms with van der Waals surface area (Å²) < 4.78 is 21.4. The fourth-order valence-corrected chi connectivity index (χ4v) is 5.98. The molecule has 1 saturated heterocycles. The van der Waals surface area contributed by atoms with Gasteiger partial charge < -0.3 is 39.4 Å². The monoisotopic (exact) mass is 691 g/mol. The summed E-state index contributed by atoms with van der Waals surface area (Å²) in [7, 11) is 0. The summed E-state index contributed by atoms with van der Waals surface area (Å²) in [6.07, 6.45) is -0.568. The number of ether oxygens (including phenoxy) is 4. The number of carbonyl (C=O) groups is 4. The topological polar surface area (TPSA) is 174 Å². The summed E-state index contributed by atoms with van der Waals surface area (Å²) in [5, 5.41) is 21.9. The second-order valence-corrected chi connectivity index (χ2v) is 13.6.